The van der Waals surface area contributed by atoms with Crippen molar-refractivity contribution in [2.75, 3.05) is 0 Å². The summed E-state index contributed by atoms with van der Waals surface area (Å²) in [6.07, 6.45) is 0. The average Bonchev–Trinajstić information content (AvgIpc) is 2.46. The molecule has 0 aromatic heterocycles. The molecule has 0 spiro atoms. The highest BCUT2D eigenvalue weighted by Crippen LogP contribution is 2.35. The van der Waals surface area contributed by atoms with Gasteiger partial charge in [0, 0.05) is 5.39 Å². The first kappa shape index (κ1) is 12.4. The molecule has 0 amide bonds. The number of rotatable bonds is 2. The predicted molar refractivity (Wildman–Crippen MR) is 81.0 cm³/mol. The average molecular weight is 262 g/mol. The maximum Gasteiger partial charge on any atom is 0.143 e. The summed E-state index contributed by atoms with van der Waals surface area (Å²) in [5, 5.41) is 20.3. The molecule has 0 aliphatic heterocycles. The fourth-order valence-electron chi connectivity index (χ4n) is 2.15. The highest BCUT2D eigenvalue weighted by molar-refractivity contribution is 5.95. The Morgan fingerprint density at radius 1 is 0.850 bits per heavy atom. The molecule has 3 rings (SSSR count). The third-order valence-electron chi connectivity index (χ3n) is 3.15. The molecule has 0 radical (unpaired) electrons. The zero-order chi connectivity index (χ0) is 13.9. The van der Waals surface area contributed by atoms with Crippen LogP contribution < -0.4 is 0 Å². The summed E-state index contributed by atoms with van der Waals surface area (Å²) < 4.78 is 0. The number of azo groups is 1. The second-order valence-electron chi connectivity index (χ2n) is 4.69. The van der Waals surface area contributed by atoms with Crippen LogP contribution in [0.3, 0.4) is 0 Å². The van der Waals surface area contributed by atoms with Gasteiger partial charge >= 0.3 is 0 Å². The van der Waals surface area contributed by atoms with Crippen LogP contribution in [0.1, 0.15) is 5.56 Å². The molecule has 98 valence electrons. The van der Waals surface area contributed by atoms with Gasteiger partial charge in [-0.2, -0.15) is 5.11 Å². The number of hydrogen-bond acceptors (Lipinski definition) is 3. The number of hydrogen-bond donors (Lipinski definition) is 1. The Labute approximate surface area is 117 Å². The van der Waals surface area contributed by atoms with E-state index in [1.165, 1.54) is 0 Å². The Morgan fingerprint density at radius 2 is 1.70 bits per heavy atom. The van der Waals surface area contributed by atoms with Crippen molar-refractivity contribution in [3.8, 4) is 5.75 Å². The van der Waals surface area contributed by atoms with Crippen LogP contribution in [-0.4, -0.2) is 5.11 Å². The molecule has 0 saturated heterocycles. The minimum absolute atomic E-state index is 0.139. The van der Waals surface area contributed by atoms with Gasteiger partial charge in [-0.05, 0) is 36.1 Å². The SMILES string of the molecule is Cc1cccc(/N=N/c2c(O)ccc3ccccc23)c1. The summed E-state index contributed by atoms with van der Waals surface area (Å²) in [5.74, 6) is 0.139. The summed E-state index contributed by atoms with van der Waals surface area (Å²) in [5.41, 5.74) is 2.41. The van der Waals surface area contributed by atoms with Gasteiger partial charge in [0.15, 0.2) is 0 Å². The molecule has 3 nitrogen and oxygen atoms in total. The molecule has 3 aromatic carbocycles. The molecule has 3 aromatic rings. The summed E-state index contributed by atoms with van der Waals surface area (Å²) in [6, 6.07) is 19.1. The van der Waals surface area contributed by atoms with E-state index in [4.69, 9.17) is 0 Å². The van der Waals surface area contributed by atoms with Crippen LogP contribution in [0.2, 0.25) is 0 Å². The second-order valence-corrected chi connectivity index (χ2v) is 4.69. The van der Waals surface area contributed by atoms with Gasteiger partial charge in [-0.25, -0.2) is 0 Å². The van der Waals surface area contributed by atoms with Crippen LogP contribution in [0.25, 0.3) is 10.8 Å². The van der Waals surface area contributed by atoms with Crippen LogP contribution in [0.15, 0.2) is 70.9 Å². The third kappa shape index (κ3) is 2.38. The Balaban J connectivity index is 2.08. The minimum Gasteiger partial charge on any atom is -0.506 e. The third-order valence-corrected chi connectivity index (χ3v) is 3.15. The second kappa shape index (κ2) is 5.13. The number of benzene rings is 3. The Bertz CT molecular complexity index is 794. The molecule has 0 fully saturated rings. The highest BCUT2D eigenvalue weighted by Gasteiger charge is 2.05. The lowest BCUT2D eigenvalue weighted by Gasteiger charge is -2.03. The van der Waals surface area contributed by atoms with Crippen molar-refractivity contribution in [1.82, 2.24) is 0 Å². The molecular formula is C17H14N2O. The van der Waals surface area contributed by atoms with Crippen molar-refractivity contribution in [2.24, 2.45) is 10.2 Å². The van der Waals surface area contributed by atoms with Crippen molar-refractivity contribution >= 4 is 22.1 Å². The van der Waals surface area contributed by atoms with Gasteiger partial charge in [0.1, 0.15) is 11.4 Å². The van der Waals surface area contributed by atoms with Gasteiger partial charge in [-0.15, -0.1) is 5.11 Å². The number of phenols is 1. The highest BCUT2D eigenvalue weighted by atomic mass is 16.3. The van der Waals surface area contributed by atoms with E-state index < -0.39 is 0 Å². The van der Waals surface area contributed by atoms with E-state index in [0.717, 1.165) is 22.0 Å². The molecule has 20 heavy (non-hydrogen) atoms. The standard InChI is InChI=1S/C17H14N2O/c1-12-5-4-7-14(11-12)18-19-17-15-8-3-2-6-13(15)9-10-16(17)20/h2-11,20H,1H3/b19-18+. The molecular weight excluding hydrogens is 248 g/mol. The van der Waals surface area contributed by atoms with Crippen molar-refractivity contribution in [1.29, 1.82) is 0 Å². The van der Waals surface area contributed by atoms with Gasteiger partial charge in [-0.1, -0.05) is 42.5 Å². The lowest BCUT2D eigenvalue weighted by molar-refractivity contribution is 0.477. The summed E-state index contributed by atoms with van der Waals surface area (Å²) in [6.45, 7) is 2.01. The zero-order valence-corrected chi connectivity index (χ0v) is 11.1. The molecule has 0 aliphatic rings. The first-order valence-electron chi connectivity index (χ1n) is 6.43. The first-order chi connectivity index (χ1) is 9.74. The van der Waals surface area contributed by atoms with Crippen LogP contribution in [-0.2, 0) is 0 Å². The zero-order valence-electron chi connectivity index (χ0n) is 11.1. The normalized spacial score (nSPS) is 11.2. The van der Waals surface area contributed by atoms with Crippen molar-refractivity contribution in [2.45, 2.75) is 6.92 Å². The molecule has 3 heteroatoms. The minimum atomic E-state index is 0.139. The first-order valence-corrected chi connectivity index (χ1v) is 6.43. The van der Waals surface area contributed by atoms with Crippen molar-refractivity contribution in [3.05, 3.63) is 66.2 Å². The number of aryl methyl sites for hydroxylation is 1. The Hall–Kier alpha value is -2.68. The van der Waals surface area contributed by atoms with E-state index in [-0.39, 0.29) is 5.75 Å². The molecule has 0 aliphatic carbocycles. The monoisotopic (exact) mass is 262 g/mol. The smallest absolute Gasteiger partial charge is 0.143 e. The number of phenolic OH excluding ortho intramolecular Hbond substituents is 1. The maximum absolute atomic E-state index is 9.99. The summed E-state index contributed by atoms with van der Waals surface area (Å²) in [4.78, 5) is 0. The van der Waals surface area contributed by atoms with Gasteiger partial charge in [0.2, 0.25) is 0 Å². The van der Waals surface area contributed by atoms with Crippen LogP contribution >= 0.6 is 0 Å². The summed E-state index contributed by atoms with van der Waals surface area (Å²) >= 11 is 0. The molecule has 0 atom stereocenters. The summed E-state index contributed by atoms with van der Waals surface area (Å²) in [7, 11) is 0. The fraction of sp³-hybridized carbons (Fsp3) is 0.0588. The lowest BCUT2D eigenvalue weighted by atomic mass is 10.1. The van der Waals surface area contributed by atoms with Crippen LogP contribution in [0.4, 0.5) is 11.4 Å². The van der Waals surface area contributed by atoms with E-state index in [1.807, 2.05) is 61.5 Å². The molecule has 0 saturated carbocycles. The topological polar surface area (TPSA) is 45.0 Å². The molecule has 0 bridgehead atoms. The van der Waals surface area contributed by atoms with E-state index in [1.54, 1.807) is 6.07 Å². The van der Waals surface area contributed by atoms with E-state index in [0.29, 0.717) is 5.69 Å². The van der Waals surface area contributed by atoms with Crippen LogP contribution in [0, 0.1) is 6.92 Å². The number of fused-ring (bicyclic) bond motifs is 1. The molecule has 0 unspecified atom stereocenters. The lowest BCUT2D eigenvalue weighted by Crippen LogP contribution is -1.75. The van der Waals surface area contributed by atoms with Crippen molar-refractivity contribution < 1.29 is 5.11 Å². The van der Waals surface area contributed by atoms with Crippen LogP contribution in [0.5, 0.6) is 5.75 Å². The van der Waals surface area contributed by atoms with Crippen molar-refractivity contribution in [3.63, 3.8) is 0 Å². The Kier molecular flexibility index (Phi) is 3.17. The predicted octanol–water partition coefficient (Wildman–Crippen LogP) is 5.27. The Morgan fingerprint density at radius 3 is 2.55 bits per heavy atom. The van der Waals surface area contributed by atoms with Gasteiger partial charge in [0.05, 0.1) is 5.69 Å². The van der Waals surface area contributed by atoms with E-state index in [2.05, 4.69) is 10.2 Å². The van der Waals surface area contributed by atoms with E-state index >= 15 is 0 Å². The number of aromatic hydroxyl groups is 1. The van der Waals surface area contributed by atoms with Gasteiger partial charge in [0.25, 0.3) is 0 Å². The largest absolute Gasteiger partial charge is 0.506 e. The van der Waals surface area contributed by atoms with Gasteiger partial charge in [-0.3, -0.25) is 0 Å². The molecule has 0 heterocycles. The quantitative estimate of drug-likeness (QED) is 0.628. The number of nitrogens with zero attached hydrogens (tertiary/aromatic N) is 2. The fourth-order valence-corrected chi connectivity index (χ4v) is 2.15. The maximum atomic E-state index is 9.99. The molecule has 1 N–H and O–H groups in total. The van der Waals surface area contributed by atoms with E-state index in [9.17, 15) is 5.11 Å². The van der Waals surface area contributed by atoms with Gasteiger partial charge < -0.3 is 5.11 Å².